The molecule has 0 amide bonds. The molecule has 0 saturated carbocycles. The molecule has 0 N–H and O–H groups in total. The van der Waals surface area contributed by atoms with Crippen LogP contribution in [0.5, 0.6) is 5.75 Å². The third kappa shape index (κ3) is 3.39. The lowest BCUT2D eigenvalue weighted by Gasteiger charge is -2.04. The minimum absolute atomic E-state index is 0.592. The Balaban J connectivity index is 2.16. The van der Waals surface area contributed by atoms with E-state index >= 15 is 0 Å². The number of rotatable bonds is 5. The molecule has 0 aliphatic heterocycles. The lowest BCUT2D eigenvalue weighted by Crippen LogP contribution is -2.05. The van der Waals surface area contributed by atoms with E-state index in [2.05, 4.69) is 6.07 Å². The van der Waals surface area contributed by atoms with Gasteiger partial charge in [-0.2, -0.15) is 0 Å². The molecule has 65 valence electrons. The van der Waals surface area contributed by atoms with E-state index in [1.165, 1.54) is 0 Å². The molecule has 2 nitrogen and oxygen atoms in total. The highest BCUT2D eigenvalue weighted by molar-refractivity contribution is 5.19. The van der Waals surface area contributed by atoms with Gasteiger partial charge in [0.05, 0.1) is 6.61 Å². The Labute approximate surface area is 73.1 Å². The minimum Gasteiger partial charge on any atom is -0.491 e. The Kier molecular flexibility index (Phi) is 4.24. The summed E-state index contributed by atoms with van der Waals surface area (Å²) in [6.07, 6.45) is 0. The molecule has 2 heteroatoms. The van der Waals surface area contributed by atoms with Gasteiger partial charge in [0.15, 0.2) is 0 Å². The van der Waals surface area contributed by atoms with E-state index in [4.69, 9.17) is 9.47 Å². The number of ether oxygens (including phenoxy) is 2. The molecule has 0 aliphatic rings. The standard InChI is InChI=1S/C10H13O2/c1-2-11-8-9-12-10-6-4-3-5-7-10/h3-6H,2,8-9H2,1H3. The van der Waals surface area contributed by atoms with E-state index in [1.807, 2.05) is 31.2 Å². The van der Waals surface area contributed by atoms with Crippen molar-refractivity contribution in [2.45, 2.75) is 6.92 Å². The second kappa shape index (κ2) is 5.61. The van der Waals surface area contributed by atoms with E-state index in [1.54, 1.807) is 0 Å². The molecule has 0 aromatic heterocycles. The van der Waals surface area contributed by atoms with Crippen LogP contribution in [0, 0.1) is 6.07 Å². The molecule has 1 aromatic rings. The maximum Gasteiger partial charge on any atom is 0.127 e. The Bertz CT molecular complexity index is 196. The zero-order chi connectivity index (χ0) is 8.65. The van der Waals surface area contributed by atoms with Gasteiger partial charge in [0, 0.05) is 12.7 Å². The molecular formula is C10H13O2. The van der Waals surface area contributed by atoms with Crippen LogP contribution in [0.2, 0.25) is 0 Å². The second-order valence-electron chi connectivity index (χ2n) is 2.27. The molecule has 0 aliphatic carbocycles. The quantitative estimate of drug-likeness (QED) is 0.620. The van der Waals surface area contributed by atoms with Crippen molar-refractivity contribution in [1.82, 2.24) is 0 Å². The summed E-state index contributed by atoms with van der Waals surface area (Å²) in [5, 5.41) is 0. The molecule has 0 fully saturated rings. The fourth-order valence-electron chi connectivity index (χ4n) is 0.822. The first kappa shape index (κ1) is 9.07. The van der Waals surface area contributed by atoms with Gasteiger partial charge in [-0.3, -0.25) is 0 Å². The highest BCUT2D eigenvalue weighted by Gasteiger charge is 1.90. The first-order chi connectivity index (χ1) is 5.93. The number of hydrogen-bond donors (Lipinski definition) is 0. The zero-order valence-electron chi connectivity index (χ0n) is 7.25. The molecule has 12 heavy (non-hydrogen) atoms. The zero-order valence-corrected chi connectivity index (χ0v) is 7.25. The smallest absolute Gasteiger partial charge is 0.127 e. The van der Waals surface area contributed by atoms with Gasteiger partial charge in [0.1, 0.15) is 12.4 Å². The first-order valence-electron chi connectivity index (χ1n) is 4.10. The molecule has 1 aromatic carbocycles. The summed E-state index contributed by atoms with van der Waals surface area (Å²) in [6, 6.07) is 10.5. The van der Waals surface area contributed by atoms with Crippen molar-refractivity contribution in [2.75, 3.05) is 19.8 Å². The van der Waals surface area contributed by atoms with E-state index in [0.29, 0.717) is 13.2 Å². The molecule has 0 saturated heterocycles. The summed E-state index contributed by atoms with van der Waals surface area (Å²) in [5.74, 6) is 0.775. The van der Waals surface area contributed by atoms with Crippen LogP contribution in [-0.4, -0.2) is 19.8 Å². The summed E-state index contributed by atoms with van der Waals surface area (Å²) in [6.45, 7) is 3.93. The number of benzene rings is 1. The summed E-state index contributed by atoms with van der Waals surface area (Å²) < 4.78 is 10.4. The number of para-hydroxylation sites is 1. The van der Waals surface area contributed by atoms with Crippen LogP contribution in [0.3, 0.4) is 0 Å². The lowest BCUT2D eigenvalue weighted by molar-refractivity contribution is 0.110. The van der Waals surface area contributed by atoms with Crippen LogP contribution in [0.1, 0.15) is 6.92 Å². The summed E-state index contributed by atoms with van der Waals surface area (Å²) >= 11 is 0. The molecule has 1 rings (SSSR count). The highest BCUT2D eigenvalue weighted by atomic mass is 16.5. The van der Waals surface area contributed by atoms with Gasteiger partial charge in [0.25, 0.3) is 0 Å². The van der Waals surface area contributed by atoms with E-state index in [9.17, 15) is 0 Å². The maximum atomic E-state index is 5.33. The van der Waals surface area contributed by atoms with Gasteiger partial charge in [0.2, 0.25) is 0 Å². The summed E-state index contributed by atoms with van der Waals surface area (Å²) in [4.78, 5) is 0. The highest BCUT2D eigenvalue weighted by Crippen LogP contribution is 2.06. The van der Waals surface area contributed by atoms with Crippen LogP contribution < -0.4 is 4.74 Å². The predicted molar refractivity (Wildman–Crippen MR) is 47.3 cm³/mol. The van der Waals surface area contributed by atoms with Crippen LogP contribution >= 0.6 is 0 Å². The summed E-state index contributed by atoms with van der Waals surface area (Å²) in [7, 11) is 0. The molecule has 0 spiro atoms. The Hall–Kier alpha value is -1.02. The molecule has 0 atom stereocenters. The molecule has 0 unspecified atom stereocenters. The van der Waals surface area contributed by atoms with Crippen molar-refractivity contribution in [3.05, 3.63) is 30.3 Å². The van der Waals surface area contributed by atoms with Crippen molar-refractivity contribution in [3.63, 3.8) is 0 Å². The van der Waals surface area contributed by atoms with Crippen LogP contribution in [-0.2, 0) is 4.74 Å². The first-order valence-corrected chi connectivity index (χ1v) is 4.10. The average molecular weight is 165 g/mol. The van der Waals surface area contributed by atoms with Gasteiger partial charge < -0.3 is 9.47 Å². The number of hydrogen-bond acceptors (Lipinski definition) is 2. The average Bonchev–Trinajstić information content (AvgIpc) is 2.14. The fourth-order valence-corrected chi connectivity index (χ4v) is 0.822. The monoisotopic (exact) mass is 165 g/mol. The third-order valence-corrected chi connectivity index (χ3v) is 1.37. The van der Waals surface area contributed by atoms with Crippen molar-refractivity contribution in [3.8, 4) is 5.75 Å². The van der Waals surface area contributed by atoms with Gasteiger partial charge in [-0.05, 0) is 13.0 Å². The second-order valence-corrected chi connectivity index (χ2v) is 2.27. The van der Waals surface area contributed by atoms with Crippen LogP contribution in [0.4, 0.5) is 0 Å². The molecular weight excluding hydrogens is 152 g/mol. The predicted octanol–water partition coefficient (Wildman–Crippen LogP) is 1.90. The van der Waals surface area contributed by atoms with E-state index in [0.717, 1.165) is 12.4 Å². The van der Waals surface area contributed by atoms with Crippen molar-refractivity contribution < 1.29 is 9.47 Å². The van der Waals surface area contributed by atoms with Crippen molar-refractivity contribution in [2.24, 2.45) is 0 Å². The van der Waals surface area contributed by atoms with Gasteiger partial charge in [-0.25, -0.2) is 0 Å². The Morgan fingerprint density at radius 3 is 2.92 bits per heavy atom. The summed E-state index contributed by atoms with van der Waals surface area (Å²) in [5.41, 5.74) is 0. The molecule has 0 heterocycles. The van der Waals surface area contributed by atoms with Crippen molar-refractivity contribution in [1.29, 1.82) is 0 Å². The topological polar surface area (TPSA) is 18.5 Å². The van der Waals surface area contributed by atoms with E-state index < -0.39 is 0 Å². The fraction of sp³-hybridized carbons (Fsp3) is 0.400. The molecule has 1 radical (unpaired) electrons. The third-order valence-electron chi connectivity index (χ3n) is 1.37. The van der Waals surface area contributed by atoms with Gasteiger partial charge in [-0.15, -0.1) is 0 Å². The van der Waals surface area contributed by atoms with Crippen LogP contribution in [0.15, 0.2) is 24.3 Å². The Morgan fingerprint density at radius 1 is 1.33 bits per heavy atom. The van der Waals surface area contributed by atoms with Gasteiger partial charge >= 0.3 is 0 Å². The van der Waals surface area contributed by atoms with Crippen LogP contribution in [0.25, 0.3) is 0 Å². The Morgan fingerprint density at radius 2 is 2.25 bits per heavy atom. The maximum absolute atomic E-state index is 5.33. The van der Waals surface area contributed by atoms with Gasteiger partial charge in [-0.1, -0.05) is 18.2 Å². The SMILES string of the molecule is CCOCCOc1[c]cccc1. The van der Waals surface area contributed by atoms with Crippen molar-refractivity contribution >= 4 is 0 Å². The normalized spacial score (nSPS) is 9.75. The minimum atomic E-state index is 0.592. The largest absolute Gasteiger partial charge is 0.491 e. The lowest BCUT2D eigenvalue weighted by atomic mass is 10.3. The molecule has 0 bridgehead atoms. The van der Waals surface area contributed by atoms with E-state index in [-0.39, 0.29) is 0 Å².